The Labute approximate surface area is 154 Å². The lowest BCUT2D eigenvalue weighted by atomic mass is 10.1. The number of hydrogen-bond donors (Lipinski definition) is 2. The van der Waals surface area contributed by atoms with E-state index in [9.17, 15) is 19.5 Å². The van der Waals surface area contributed by atoms with Gasteiger partial charge in [-0.15, -0.1) is 0 Å². The largest absolute Gasteiger partial charge is 0.550 e. The molecule has 0 atom stereocenters. The predicted octanol–water partition coefficient (Wildman–Crippen LogP) is 2.08. The van der Waals surface area contributed by atoms with Gasteiger partial charge in [0.15, 0.2) is 5.76 Å². The van der Waals surface area contributed by atoms with Gasteiger partial charge in [0.05, 0.1) is 6.26 Å². The molecule has 3 aromatic rings. The van der Waals surface area contributed by atoms with Crippen LogP contribution in [0.3, 0.4) is 0 Å². The zero-order chi connectivity index (χ0) is 19.2. The zero-order valence-corrected chi connectivity index (χ0v) is 14.1. The van der Waals surface area contributed by atoms with E-state index in [0.29, 0.717) is 22.5 Å². The Morgan fingerprint density at radius 2 is 1.59 bits per heavy atom. The molecule has 0 saturated carbocycles. The van der Waals surface area contributed by atoms with Crippen LogP contribution in [0.5, 0.6) is 0 Å². The highest BCUT2D eigenvalue weighted by Gasteiger charge is 2.11. The number of aliphatic carboxylic acids is 1. The third kappa shape index (κ3) is 4.82. The molecule has 7 heteroatoms. The lowest BCUT2D eigenvalue weighted by Crippen LogP contribution is -2.24. The summed E-state index contributed by atoms with van der Waals surface area (Å²) >= 11 is 0. The number of benzene rings is 2. The van der Waals surface area contributed by atoms with Crippen LogP contribution < -0.4 is 15.7 Å². The summed E-state index contributed by atoms with van der Waals surface area (Å²) in [7, 11) is 0. The van der Waals surface area contributed by atoms with Gasteiger partial charge < -0.3 is 25.0 Å². The van der Waals surface area contributed by atoms with Gasteiger partial charge in [-0.05, 0) is 48.0 Å². The van der Waals surface area contributed by atoms with Gasteiger partial charge in [0.1, 0.15) is 0 Å². The average Bonchev–Trinajstić information content (AvgIpc) is 3.18. The van der Waals surface area contributed by atoms with E-state index < -0.39 is 11.9 Å². The van der Waals surface area contributed by atoms with Crippen LogP contribution in [-0.4, -0.2) is 17.8 Å². The normalized spacial score (nSPS) is 10.2. The number of carboxylic acids is 1. The molecule has 0 aliphatic carbocycles. The Balaban J connectivity index is 1.66. The Bertz CT molecular complexity index is 962. The number of furan rings is 1. The summed E-state index contributed by atoms with van der Waals surface area (Å²) in [5.41, 5.74) is 1.90. The third-order valence-electron chi connectivity index (χ3n) is 3.69. The van der Waals surface area contributed by atoms with E-state index in [1.165, 1.54) is 12.3 Å². The lowest BCUT2D eigenvalue weighted by molar-refractivity contribution is -0.304. The molecule has 0 unspecified atom stereocenters. The maximum Gasteiger partial charge on any atom is 0.291 e. The molecule has 1 aromatic heterocycles. The minimum absolute atomic E-state index is 0.168. The van der Waals surface area contributed by atoms with Gasteiger partial charge in [-0.1, -0.05) is 18.2 Å². The number of anilines is 2. The van der Waals surface area contributed by atoms with Crippen LogP contribution in [0.25, 0.3) is 0 Å². The van der Waals surface area contributed by atoms with E-state index in [1.807, 2.05) is 0 Å². The van der Waals surface area contributed by atoms with Crippen LogP contribution in [0.4, 0.5) is 11.4 Å². The van der Waals surface area contributed by atoms with E-state index in [0.717, 1.165) is 0 Å². The Morgan fingerprint density at radius 1 is 0.852 bits per heavy atom. The van der Waals surface area contributed by atoms with Gasteiger partial charge >= 0.3 is 0 Å². The molecular weight excluding hydrogens is 348 g/mol. The van der Waals surface area contributed by atoms with Crippen molar-refractivity contribution in [3.05, 3.63) is 83.8 Å². The monoisotopic (exact) mass is 363 g/mol. The minimum atomic E-state index is -1.17. The first-order valence-corrected chi connectivity index (χ1v) is 8.06. The first kappa shape index (κ1) is 17.9. The quantitative estimate of drug-likeness (QED) is 0.696. The van der Waals surface area contributed by atoms with Gasteiger partial charge in [-0.3, -0.25) is 9.59 Å². The molecule has 0 spiro atoms. The van der Waals surface area contributed by atoms with Gasteiger partial charge in [-0.25, -0.2) is 0 Å². The number of carbonyl (C=O) groups excluding carboxylic acids is 3. The number of hydrogen-bond acceptors (Lipinski definition) is 5. The molecular formula is C20H15N2O5-. The van der Waals surface area contributed by atoms with E-state index in [2.05, 4.69) is 10.6 Å². The molecule has 0 aliphatic heterocycles. The van der Waals surface area contributed by atoms with Crippen LogP contribution in [0.2, 0.25) is 0 Å². The first-order chi connectivity index (χ1) is 13.0. The predicted molar refractivity (Wildman–Crippen MR) is 96.2 cm³/mol. The van der Waals surface area contributed by atoms with Gasteiger partial charge in [0.2, 0.25) is 0 Å². The second-order valence-corrected chi connectivity index (χ2v) is 5.71. The fourth-order valence-corrected chi connectivity index (χ4v) is 2.41. The van der Waals surface area contributed by atoms with Crippen molar-refractivity contribution in [3.63, 3.8) is 0 Å². The maximum absolute atomic E-state index is 12.4. The van der Waals surface area contributed by atoms with Crippen molar-refractivity contribution in [3.8, 4) is 0 Å². The van der Waals surface area contributed by atoms with Gasteiger partial charge in [0.25, 0.3) is 11.8 Å². The highest BCUT2D eigenvalue weighted by atomic mass is 16.4. The van der Waals surface area contributed by atoms with Gasteiger partial charge in [-0.2, -0.15) is 0 Å². The summed E-state index contributed by atoms with van der Waals surface area (Å²) in [5, 5.41) is 16.0. The molecule has 0 saturated heterocycles. The highest BCUT2D eigenvalue weighted by molar-refractivity contribution is 6.06. The van der Waals surface area contributed by atoms with Crippen molar-refractivity contribution in [2.45, 2.75) is 6.42 Å². The molecule has 136 valence electrons. The minimum Gasteiger partial charge on any atom is -0.550 e. The fraction of sp³-hybridized carbons (Fsp3) is 0.0500. The van der Waals surface area contributed by atoms with Crippen LogP contribution >= 0.6 is 0 Å². The SMILES string of the molecule is O=C([O-])Cc1ccc(NC(=O)c2cccc(NC(=O)c3ccco3)c2)cc1. The fourth-order valence-electron chi connectivity index (χ4n) is 2.41. The summed E-state index contributed by atoms with van der Waals surface area (Å²) in [6.07, 6.45) is 1.21. The summed E-state index contributed by atoms with van der Waals surface area (Å²) < 4.78 is 5.03. The number of carbonyl (C=O) groups is 3. The molecule has 3 rings (SSSR count). The van der Waals surface area contributed by atoms with E-state index >= 15 is 0 Å². The molecule has 0 fully saturated rings. The van der Waals surface area contributed by atoms with E-state index in [4.69, 9.17) is 4.42 Å². The molecule has 2 amide bonds. The molecule has 7 nitrogen and oxygen atoms in total. The topological polar surface area (TPSA) is 111 Å². The molecule has 2 aromatic carbocycles. The first-order valence-electron chi connectivity index (χ1n) is 8.06. The standard InChI is InChI=1S/C20H16N2O5/c23-18(24)11-13-6-8-15(9-7-13)21-19(25)14-3-1-4-16(12-14)22-20(26)17-5-2-10-27-17/h1-10,12H,11H2,(H,21,25)(H,22,26)(H,23,24)/p-1. The van der Waals surface area contributed by atoms with Gasteiger partial charge in [0, 0.05) is 29.3 Å². The number of nitrogens with one attached hydrogen (secondary N) is 2. The van der Waals surface area contributed by atoms with Crippen molar-refractivity contribution in [2.75, 3.05) is 10.6 Å². The van der Waals surface area contributed by atoms with Crippen LogP contribution in [0.1, 0.15) is 26.5 Å². The number of carboxylic acid groups (broad SMARTS) is 1. The summed E-state index contributed by atoms with van der Waals surface area (Å²) in [4.78, 5) is 35.0. The Morgan fingerprint density at radius 3 is 2.26 bits per heavy atom. The van der Waals surface area contributed by atoms with Crippen molar-refractivity contribution in [1.29, 1.82) is 0 Å². The van der Waals surface area contributed by atoms with E-state index in [-0.39, 0.29) is 18.1 Å². The lowest BCUT2D eigenvalue weighted by Gasteiger charge is -2.09. The molecule has 2 N–H and O–H groups in total. The maximum atomic E-state index is 12.4. The molecule has 1 heterocycles. The number of rotatable bonds is 6. The Kier molecular flexibility index (Phi) is 5.32. The highest BCUT2D eigenvalue weighted by Crippen LogP contribution is 2.16. The number of amides is 2. The summed E-state index contributed by atoms with van der Waals surface area (Å²) in [6, 6.07) is 16.0. The zero-order valence-electron chi connectivity index (χ0n) is 14.1. The molecule has 0 aliphatic rings. The third-order valence-corrected chi connectivity index (χ3v) is 3.69. The second kappa shape index (κ2) is 8.01. The summed E-state index contributed by atoms with van der Waals surface area (Å²) in [6.45, 7) is 0. The van der Waals surface area contributed by atoms with Crippen molar-refractivity contribution in [2.24, 2.45) is 0 Å². The molecule has 0 bridgehead atoms. The second-order valence-electron chi connectivity index (χ2n) is 5.71. The molecule has 0 radical (unpaired) electrons. The molecule has 27 heavy (non-hydrogen) atoms. The van der Waals surface area contributed by atoms with Crippen molar-refractivity contribution in [1.82, 2.24) is 0 Å². The van der Waals surface area contributed by atoms with Crippen LogP contribution in [-0.2, 0) is 11.2 Å². The Hall–Kier alpha value is -3.87. The van der Waals surface area contributed by atoms with E-state index in [1.54, 1.807) is 54.6 Å². The smallest absolute Gasteiger partial charge is 0.291 e. The summed E-state index contributed by atoms with van der Waals surface area (Å²) in [5.74, 6) is -1.78. The van der Waals surface area contributed by atoms with Crippen LogP contribution in [0, 0.1) is 0 Å². The average molecular weight is 363 g/mol. The van der Waals surface area contributed by atoms with Crippen molar-refractivity contribution >= 4 is 29.2 Å². The van der Waals surface area contributed by atoms with Crippen LogP contribution in [0.15, 0.2) is 71.3 Å². The van der Waals surface area contributed by atoms with Crippen molar-refractivity contribution < 1.29 is 23.9 Å².